The normalized spacial score (nSPS) is 13.0. The second kappa shape index (κ2) is 6.60. The monoisotopic (exact) mass is 308 g/mol. The fourth-order valence-corrected chi connectivity index (χ4v) is 2.28. The Kier molecular flexibility index (Phi) is 4.82. The number of fused-ring (bicyclic) bond motifs is 1. The molecule has 0 saturated carbocycles. The van der Waals surface area contributed by atoms with E-state index < -0.39 is 0 Å². The summed E-state index contributed by atoms with van der Waals surface area (Å²) in [6.07, 6.45) is 0.873. The number of carbonyl (C=O) groups is 1. The van der Waals surface area contributed by atoms with Crippen molar-refractivity contribution in [3.8, 4) is 5.75 Å². The average Bonchev–Trinajstić information content (AvgIpc) is 2.92. The molecule has 1 aliphatic rings. The van der Waals surface area contributed by atoms with Gasteiger partial charge in [0.1, 0.15) is 5.75 Å². The van der Waals surface area contributed by atoms with Crippen molar-refractivity contribution in [1.82, 2.24) is 15.5 Å². The fraction of sp³-hybridized carbons (Fsp3) is 0.286. The lowest BCUT2D eigenvalue weighted by molar-refractivity contribution is 0.102. The molecule has 0 spiro atoms. The maximum absolute atomic E-state index is 12.2. The van der Waals surface area contributed by atoms with E-state index in [0.717, 1.165) is 35.7 Å². The summed E-state index contributed by atoms with van der Waals surface area (Å²) in [7, 11) is 1.61. The molecule has 1 amide bonds. The summed E-state index contributed by atoms with van der Waals surface area (Å²) in [5.74, 6) is 0.556. The second-order valence-electron chi connectivity index (χ2n) is 4.64. The van der Waals surface area contributed by atoms with Crippen molar-refractivity contribution >= 4 is 24.0 Å². The topological polar surface area (TPSA) is 79.0 Å². The number of aromatic amines is 1. The van der Waals surface area contributed by atoms with Crippen LogP contribution in [-0.4, -0.2) is 29.8 Å². The van der Waals surface area contributed by atoms with Gasteiger partial charge in [0.2, 0.25) is 0 Å². The van der Waals surface area contributed by atoms with Crippen molar-refractivity contribution in [2.75, 3.05) is 19.0 Å². The molecule has 6 nitrogen and oxygen atoms in total. The standard InChI is InChI=1S/C14H16N4O2.ClH/c1-20-10-4-2-9(3-5-10)16-14(19)13-11-8-15-7-6-12(11)17-18-13;/h2-5,15H,6-8H2,1H3,(H,16,19)(H,17,18);1H. The molecule has 2 heterocycles. The van der Waals surface area contributed by atoms with Crippen molar-refractivity contribution in [3.63, 3.8) is 0 Å². The van der Waals surface area contributed by atoms with Crippen LogP contribution in [0.2, 0.25) is 0 Å². The number of anilines is 1. The van der Waals surface area contributed by atoms with Gasteiger partial charge in [-0.3, -0.25) is 9.89 Å². The molecule has 0 radical (unpaired) electrons. The van der Waals surface area contributed by atoms with E-state index in [9.17, 15) is 4.79 Å². The number of benzene rings is 1. The number of ether oxygens (including phenoxy) is 1. The highest BCUT2D eigenvalue weighted by Crippen LogP contribution is 2.18. The van der Waals surface area contributed by atoms with Crippen molar-refractivity contribution in [2.24, 2.45) is 0 Å². The van der Waals surface area contributed by atoms with Crippen LogP contribution >= 0.6 is 12.4 Å². The Morgan fingerprint density at radius 3 is 2.81 bits per heavy atom. The van der Waals surface area contributed by atoms with Gasteiger partial charge in [0.05, 0.1) is 7.11 Å². The first-order valence-corrected chi connectivity index (χ1v) is 6.50. The summed E-state index contributed by atoms with van der Waals surface area (Å²) in [5.41, 5.74) is 3.19. The third-order valence-electron chi connectivity index (χ3n) is 3.37. The minimum atomic E-state index is -0.198. The number of amides is 1. The molecule has 0 bridgehead atoms. The molecule has 3 rings (SSSR count). The molecule has 3 N–H and O–H groups in total. The first kappa shape index (κ1) is 15.3. The first-order valence-electron chi connectivity index (χ1n) is 6.50. The third kappa shape index (κ3) is 3.17. The Bertz CT molecular complexity index is 624. The van der Waals surface area contributed by atoms with E-state index in [-0.39, 0.29) is 18.3 Å². The van der Waals surface area contributed by atoms with E-state index >= 15 is 0 Å². The van der Waals surface area contributed by atoms with Gasteiger partial charge in [-0.05, 0) is 24.3 Å². The summed E-state index contributed by atoms with van der Waals surface area (Å²) in [5, 5.41) is 13.2. The van der Waals surface area contributed by atoms with Crippen molar-refractivity contribution < 1.29 is 9.53 Å². The van der Waals surface area contributed by atoms with Gasteiger partial charge < -0.3 is 15.4 Å². The van der Waals surface area contributed by atoms with Gasteiger partial charge in [0, 0.05) is 36.5 Å². The van der Waals surface area contributed by atoms with E-state index in [1.807, 2.05) is 0 Å². The zero-order chi connectivity index (χ0) is 13.9. The van der Waals surface area contributed by atoms with Gasteiger partial charge in [-0.25, -0.2) is 0 Å². The maximum atomic E-state index is 12.2. The van der Waals surface area contributed by atoms with Crippen LogP contribution in [0.1, 0.15) is 21.7 Å². The lowest BCUT2D eigenvalue weighted by Gasteiger charge is -2.12. The Labute approximate surface area is 128 Å². The quantitative estimate of drug-likeness (QED) is 0.807. The van der Waals surface area contributed by atoms with Gasteiger partial charge >= 0.3 is 0 Å². The highest BCUT2D eigenvalue weighted by Gasteiger charge is 2.21. The predicted molar refractivity (Wildman–Crippen MR) is 82.2 cm³/mol. The summed E-state index contributed by atoms with van der Waals surface area (Å²) in [4.78, 5) is 12.2. The number of nitrogens with zero attached hydrogens (tertiary/aromatic N) is 1. The van der Waals surface area contributed by atoms with Crippen molar-refractivity contribution in [1.29, 1.82) is 0 Å². The van der Waals surface area contributed by atoms with Crippen LogP contribution in [0.5, 0.6) is 5.75 Å². The van der Waals surface area contributed by atoms with Crippen LogP contribution in [0.15, 0.2) is 24.3 Å². The number of methoxy groups -OCH3 is 1. The van der Waals surface area contributed by atoms with Gasteiger partial charge in [0.25, 0.3) is 5.91 Å². The Hall–Kier alpha value is -2.05. The zero-order valence-electron chi connectivity index (χ0n) is 11.6. The highest BCUT2D eigenvalue weighted by molar-refractivity contribution is 6.04. The summed E-state index contributed by atoms with van der Waals surface area (Å²) in [6, 6.07) is 7.20. The van der Waals surface area contributed by atoms with Gasteiger partial charge in [-0.1, -0.05) is 0 Å². The number of H-pyrrole nitrogens is 1. The van der Waals surface area contributed by atoms with E-state index in [1.54, 1.807) is 31.4 Å². The lowest BCUT2D eigenvalue weighted by atomic mass is 10.1. The molecule has 2 aromatic rings. The van der Waals surface area contributed by atoms with Gasteiger partial charge in [-0.2, -0.15) is 5.10 Å². The van der Waals surface area contributed by atoms with E-state index in [2.05, 4.69) is 20.8 Å². The van der Waals surface area contributed by atoms with E-state index in [4.69, 9.17) is 4.74 Å². The van der Waals surface area contributed by atoms with Crippen molar-refractivity contribution in [2.45, 2.75) is 13.0 Å². The molecule has 0 saturated heterocycles. The molecule has 0 aliphatic carbocycles. The van der Waals surface area contributed by atoms with E-state index in [1.165, 1.54) is 0 Å². The smallest absolute Gasteiger partial charge is 0.276 e. The molecular formula is C14H17ClN4O2. The molecule has 7 heteroatoms. The number of hydrogen-bond acceptors (Lipinski definition) is 4. The Balaban J connectivity index is 0.00000161. The molecule has 1 aliphatic heterocycles. The SMILES string of the molecule is COc1ccc(NC(=O)c2n[nH]c3c2CNCC3)cc1.Cl. The van der Waals surface area contributed by atoms with Crippen LogP contribution in [0, 0.1) is 0 Å². The first-order chi connectivity index (χ1) is 9.78. The minimum Gasteiger partial charge on any atom is -0.497 e. The number of halogens is 1. The maximum Gasteiger partial charge on any atom is 0.276 e. The number of rotatable bonds is 3. The third-order valence-corrected chi connectivity index (χ3v) is 3.37. The van der Waals surface area contributed by atoms with Gasteiger partial charge in [-0.15, -0.1) is 12.4 Å². The molecule has 0 fully saturated rings. The van der Waals surface area contributed by atoms with Gasteiger partial charge in [0.15, 0.2) is 5.69 Å². The van der Waals surface area contributed by atoms with Crippen LogP contribution in [-0.2, 0) is 13.0 Å². The summed E-state index contributed by atoms with van der Waals surface area (Å²) < 4.78 is 5.08. The predicted octanol–water partition coefficient (Wildman–Crippen LogP) is 1.74. The minimum absolute atomic E-state index is 0. The van der Waals surface area contributed by atoms with Crippen LogP contribution in [0.3, 0.4) is 0 Å². The van der Waals surface area contributed by atoms with Crippen LogP contribution in [0.25, 0.3) is 0 Å². The number of carbonyl (C=O) groups excluding carboxylic acids is 1. The Morgan fingerprint density at radius 2 is 2.10 bits per heavy atom. The molecule has 1 aromatic heterocycles. The largest absolute Gasteiger partial charge is 0.497 e. The van der Waals surface area contributed by atoms with Crippen molar-refractivity contribution in [3.05, 3.63) is 41.2 Å². The van der Waals surface area contributed by atoms with Crippen LogP contribution < -0.4 is 15.4 Å². The highest BCUT2D eigenvalue weighted by atomic mass is 35.5. The molecule has 21 heavy (non-hydrogen) atoms. The lowest BCUT2D eigenvalue weighted by Crippen LogP contribution is -2.25. The second-order valence-corrected chi connectivity index (χ2v) is 4.64. The summed E-state index contributed by atoms with van der Waals surface area (Å²) >= 11 is 0. The molecule has 0 unspecified atom stereocenters. The Morgan fingerprint density at radius 1 is 1.33 bits per heavy atom. The molecule has 0 atom stereocenters. The number of nitrogens with one attached hydrogen (secondary N) is 3. The van der Waals surface area contributed by atoms with E-state index in [0.29, 0.717) is 12.2 Å². The van der Waals surface area contributed by atoms with Crippen LogP contribution in [0.4, 0.5) is 5.69 Å². The zero-order valence-corrected chi connectivity index (χ0v) is 12.4. The number of aromatic nitrogens is 2. The molecular weight excluding hydrogens is 292 g/mol. The fourth-order valence-electron chi connectivity index (χ4n) is 2.28. The molecule has 1 aromatic carbocycles. The number of hydrogen-bond donors (Lipinski definition) is 3. The summed E-state index contributed by atoms with van der Waals surface area (Å²) in [6.45, 7) is 1.59. The molecule has 112 valence electrons. The average molecular weight is 309 g/mol.